The highest BCUT2D eigenvalue weighted by molar-refractivity contribution is 8.00. The minimum Gasteiger partial charge on any atom is -0.508 e. The smallest absolute Gasteiger partial charge is 0.237 e. The fourth-order valence-electron chi connectivity index (χ4n) is 2.72. The number of benzene rings is 2. The Morgan fingerprint density at radius 3 is 2.71 bits per heavy atom. The molecule has 0 aliphatic carbocycles. The number of hydrogen-bond acceptors (Lipinski definition) is 4. The van der Waals surface area contributed by atoms with Gasteiger partial charge in [0.05, 0.1) is 17.1 Å². The first-order valence-electron chi connectivity index (χ1n) is 7.67. The minimum atomic E-state index is -0.207. The fraction of sp³-hybridized carbons (Fsp3) is 0.222. The van der Waals surface area contributed by atoms with E-state index < -0.39 is 0 Å². The van der Waals surface area contributed by atoms with E-state index in [-0.39, 0.29) is 35.8 Å². The summed E-state index contributed by atoms with van der Waals surface area (Å²) in [5.41, 5.74) is 1.39. The fourth-order valence-corrected chi connectivity index (χ4v) is 3.48. The molecule has 0 bridgehead atoms. The first kappa shape index (κ1) is 16.4. The lowest BCUT2D eigenvalue weighted by Crippen LogP contribution is -2.40. The molecule has 0 radical (unpaired) electrons. The van der Waals surface area contributed by atoms with Crippen LogP contribution in [0, 0.1) is 0 Å². The van der Waals surface area contributed by atoms with Crippen LogP contribution in [0.3, 0.4) is 0 Å². The summed E-state index contributed by atoms with van der Waals surface area (Å²) in [5, 5.41) is 12.2. The van der Waals surface area contributed by atoms with E-state index in [1.807, 2.05) is 25.1 Å². The van der Waals surface area contributed by atoms with Crippen LogP contribution in [-0.2, 0) is 9.59 Å². The molecule has 0 fully saturated rings. The number of para-hydroxylation sites is 2. The second-order valence-electron chi connectivity index (χ2n) is 5.66. The molecular formula is C18H18N2O3S. The molecule has 1 aliphatic heterocycles. The number of carbonyl (C=O) groups is 2. The number of phenols is 1. The molecular weight excluding hydrogens is 324 g/mol. The number of fused-ring (bicyclic) bond motifs is 1. The number of rotatable bonds is 3. The van der Waals surface area contributed by atoms with Gasteiger partial charge in [0.25, 0.3) is 0 Å². The monoisotopic (exact) mass is 342 g/mol. The van der Waals surface area contributed by atoms with Gasteiger partial charge in [-0.2, -0.15) is 0 Å². The number of carbonyl (C=O) groups excluding carboxylic acids is 2. The maximum Gasteiger partial charge on any atom is 0.237 e. The van der Waals surface area contributed by atoms with Crippen LogP contribution >= 0.6 is 11.8 Å². The third-order valence-corrected chi connectivity index (χ3v) is 4.82. The van der Waals surface area contributed by atoms with Crippen molar-refractivity contribution in [2.24, 2.45) is 0 Å². The van der Waals surface area contributed by atoms with Crippen LogP contribution in [0.4, 0.5) is 11.4 Å². The number of anilines is 2. The summed E-state index contributed by atoms with van der Waals surface area (Å²) >= 11 is 1.41. The van der Waals surface area contributed by atoms with E-state index in [1.54, 1.807) is 35.2 Å². The highest BCUT2D eigenvalue weighted by atomic mass is 32.2. The zero-order chi connectivity index (χ0) is 17.1. The van der Waals surface area contributed by atoms with Crippen LogP contribution in [-0.4, -0.2) is 28.7 Å². The number of aromatic hydroxyl groups is 1. The van der Waals surface area contributed by atoms with Crippen molar-refractivity contribution < 1.29 is 14.7 Å². The summed E-state index contributed by atoms with van der Waals surface area (Å²) < 4.78 is 0. The SMILES string of the molecule is C[C@@H]1CC(=O)Nc2ccccc2N1C(=O)CSc1ccc(O)cc1. The van der Waals surface area contributed by atoms with Gasteiger partial charge >= 0.3 is 0 Å². The minimum absolute atomic E-state index is 0.0514. The first-order valence-corrected chi connectivity index (χ1v) is 8.66. The largest absolute Gasteiger partial charge is 0.508 e. The lowest BCUT2D eigenvalue weighted by atomic mass is 10.2. The van der Waals surface area contributed by atoms with Crippen LogP contribution in [0.25, 0.3) is 0 Å². The maximum absolute atomic E-state index is 12.8. The van der Waals surface area contributed by atoms with Crippen LogP contribution in [0.15, 0.2) is 53.4 Å². The molecule has 0 aromatic heterocycles. The van der Waals surface area contributed by atoms with E-state index in [4.69, 9.17) is 0 Å². The van der Waals surface area contributed by atoms with Crippen molar-refractivity contribution in [2.75, 3.05) is 16.0 Å². The van der Waals surface area contributed by atoms with Crippen molar-refractivity contribution in [1.29, 1.82) is 0 Å². The van der Waals surface area contributed by atoms with Gasteiger partial charge in [-0.3, -0.25) is 9.59 Å². The Kier molecular flexibility index (Phi) is 4.76. The molecule has 6 heteroatoms. The average molecular weight is 342 g/mol. The molecule has 124 valence electrons. The summed E-state index contributed by atoms with van der Waals surface area (Å²) in [6.07, 6.45) is 0.268. The second kappa shape index (κ2) is 6.97. The highest BCUT2D eigenvalue weighted by Crippen LogP contribution is 2.32. The highest BCUT2D eigenvalue weighted by Gasteiger charge is 2.29. The van der Waals surface area contributed by atoms with E-state index in [0.717, 1.165) is 10.6 Å². The van der Waals surface area contributed by atoms with Gasteiger partial charge in [-0.1, -0.05) is 12.1 Å². The summed E-state index contributed by atoms with van der Waals surface area (Å²) in [6.45, 7) is 1.88. The van der Waals surface area contributed by atoms with Gasteiger partial charge in [0.1, 0.15) is 5.75 Å². The first-order chi connectivity index (χ1) is 11.5. The molecule has 5 nitrogen and oxygen atoms in total. The zero-order valence-corrected chi connectivity index (χ0v) is 14.0. The third kappa shape index (κ3) is 3.54. The summed E-state index contributed by atoms with van der Waals surface area (Å²) in [7, 11) is 0. The van der Waals surface area contributed by atoms with Crippen LogP contribution in [0.1, 0.15) is 13.3 Å². The van der Waals surface area contributed by atoms with Gasteiger partial charge in [0.2, 0.25) is 11.8 Å². The third-order valence-electron chi connectivity index (χ3n) is 3.83. The van der Waals surface area contributed by atoms with E-state index in [0.29, 0.717) is 5.69 Å². The number of amides is 2. The normalized spacial score (nSPS) is 17.0. The quantitative estimate of drug-likeness (QED) is 0.840. The number of phenolic OH excluding ortho intramolecular Hbond substituents is 1. The van der Waals surface area contributed by atoms with Gasteiger partial charge < -0.3 is 15.3 Å². The van der Waals surface area contributed by atoms with Crippen molar-refractivity contribution in [3.8, 4) is 5.75 Å². The van der Waals surface area contributed by atoms with Gasteiger partial charge in [0.15, 0.2) is 0 Å². The molecule has 1 aliphatic rings. The Labute approximate surface area is 144 Å². The molecule has 2 amide bonds. The predicted octanol–water partition coefficient (Wildman–Crippen LogP) is 3.25. The molecule has 1 heterocycles. The Hall–Kier alpha value is -2.47. The van der Waals surface area contributed by atoms with Gasteiger partial charge in [-0.25, -0.2) is 0 Å². The van der Waals surface area contributed by atoms with Gasteiger partial charge in [0, 0.05) is 17.4 Å². The Morgan fingerprint density at radius 2 is 1.96 bits per heavy atom. The molecule has 0 spiro atoms. The molecule has 2 N–H and O–H groups in total. The average Bonchev–Trinajstić information content (AvgIpc) is 2.68. The van der Waals surface area contributed by atoms with E-state index >= 15 is 0 Å². The predicted molar refractivity (Wildman–Crippen MR) is 95.5 cm³/mol. The topological polar surface area (TPSA) is 69.6 Å². The lowest BCUT2D eigenvalue weighted by molar-refractivity contribution is -0.117. The van der Waals surface area contributed by atoms with Crippen molar-refractivity contribution in [3.63, 3.8) is 0 Å². The zero-order valence-electron chi connectivity index (χ0n) is 13.2. The summed E-state index contributed by atoms with van der Waals surface area (Å²) in [6, 6.07) is 13.9. The Bertz CT molecular complexity index is 761. The standard InChI is InChI=1S/C18H18N2O3S/c1-12-10-17(22)19-15-4-2-3-5-16(15)20(12)18(23)11-24-14-8-6-13(21)7-9-14/h2-9,12,21H,10-11H2,1H3,(H,19,22)/t12-/m1/s1. The number of thioether (sulfide) groups is 1. The van der Waals surface area contributed by atoms with Crippen molar-refractivity contribution >= 4 is 35.0 Å². The molecule has 3 rings (SSSR count). The number of nitrogens with one attached hydrogen (secondary N) is 1. The van der Waals surface area contributed by atoms with Crippen molar-refractivity contribution in [1.82, 2.24) is 0 Å². The Balaban J connectivity index is 1.79. The Morgan fingerprint density at radius 1 is 1.25 bits per heavy atom. The van der Waals surface area contributed by atoms with Gasteiger partial charge in [-0.15, -0.1) is 11.8 Å². The number of hydrogen-bond donors (Lipinski definition) is 2. The molecule has 0 saturated carbocycles. The van der Waals surface area contributed by atoms with Crippen LogP contribution in [0.2, 0.25) is 0 Å². The van der Waals surface area contributed by atoms with E-state index in [1.165, 1.54) is 11.8 Å². The van der Waals surface area contributed by atoms with Crippen LogP contribution < -0.4 is 10.2 Å². The van der Waals surface area contributed by atoms with Gasteiger partial charge in [-0.05, 0) is 43.3 Å². The van der Waals surface area contributed by atoms with E-state index in [9.17, 15) is 14.7 Å². The van der Waals surface area contributed by atoms with E-state index in [2.05, 4.69) is 5.32 Å². The lowest BCUT2D eigenvalue weighted by Gasteiger charge is -2.27. The second-order valence-corrected chi connectivity index (χ2v) is 6.71. The molecule has 1 atom stereocenters. The molecule has 0 saturated heterocycles. The maximum atomic E-state index is 12.8. The van der Waals surface area contributed by atoms with Crippen LogP contribution in [0.5, 0.6) is 5.75 Å². The molecule has 24 heavy (non-hydrogen) atoms. The molecule has 0 unspecified atom stereocenters. The summed E-state index contributed by atoms with van der Waals surface area (Å²) in [4.78, 5) is 27.3. The molecule has 2 aromatic rings. The molecule has 2 aromatic carbocycles. The summed E-state index contributed by atoms with van der Waals surface area (Å²) in [5.74, 6) is 0.323. The number of nitrogens with zero attached hydrogens (tertiary/aromatic N) is 1. The van der Waals surface area contributed by atoms with Crippen molar-refractivity contribution in [3.05, 3.63) is 48.5 Å². The van der Waals surface area contributed by atoms with Crippen molar-refractivity contribution in [2.45, 2.75) is 24.3 Å².